The van der Waals surface area contributed by atoms with Crippen molar-refractivity contribution in [3.8, 4) is 0 Å². The molecule has 5 nitrogen and oxygen atoms in total. The van der Waals surface area contributed by atoms with Crippen molar-refractivity contribution in [2.45, 2.75) is 32.9 Å². The summed E-state index contributed by atoms with van der Waals surface area (Å²) in [7, 11) is 1.78. The first kappa shape index (κ1) is 15.2. The van der Waals surface area contributed by atoms with Gasteiger partial charge < -0.3 is 10.8 Å². The van der Waals surface area contributed by atoms with Crippen molar-refractivity contribution >= 4 is 11.9 Å². The average Bonchev–Trinajstić information content (AvgIpc) is 2.31. The highest BCUT2D eigenvalue weighted by Gasteiger charge is 2.20. The molecule has 0 fully saturated rings. The van der Waals surface area contributed by atoms with Gasteiger partial charge in [-0.2, -0.15) is 0 Å². The van der Waals surface area contributed by atoms with Crippen molar-refractivity contribution in [3.05, 3.63) is 34.9 Å². The first-order valence-corrected chi connectivity index (χ1v) is 6.19. The average molecular weight is 264 g/mol. The van der Waals surface area contributed by atoms with E-state index in [0.29, 0.717) is 18.5 Å². The Morgan fingerprint density at radius 3 is 2.47 bits per heavy atom. The molecule has 0 heterocycles. The number of benzene rings is 1. The zero-order valence-corrected chi connectivity index (χ0v) is 11.5. The topological polar surface area (TPSA) is 83.6 Å². The SMILES string of the molecule is CCC(C(=O)O)N(C)Cc1ccc(C(N)=O)cc1C. The number of rotatable bonds is 6. The predicted molar refractivity (Wildman–Crippen MR) is 72.9 cm³/mol. The maximum Gasteiger partial charge on any atom is 0.320 e. The van der Waals surface area contributed by atoms with E-state index in [4.69, 9.17) is 10.8 Å². The Morgan fingerprint density at radius 2 is 2.05 bits per heavy atom. The number of nitrogens with zero attached hydrogens (tertiary/aromatic N) is 1. The fraction of sp³-hybridized carbons (Fsp3) is 0.429. The molecular weight excluding hydrogens is 244 g/mol. The molecule has 0 aliphatic rings. The quantitative estimate of drug-likeness (QED) is 0.813. The lowest BCUT2D eigenvalue weighted by Crippen LogP contribution is -2.37. The number of carboxylic acid groups (broad SMARTS) is 1. The second kappa shape index (κ2) is 6.33. The first-order chi connectivity index (χ1) is 8.86. The van der Waals surface area contributed by atoms with E-state index in [1.807, 2.05) is 19.9 Å². The zero-order chi connectivity index (χ0) is 14.6. The summed E-state index contributed by atoms with van der Waals surface area (Å²) in [6.07, 6.45) is 0.546. The van der Waals surface area contributed by atoms with E-state index in [0.717, 1.165) is 11.1 Å². The molecule has 0 saturated heterocycles. The number of hydrogen-bond donors (Lipinski definition) is 2. The van der Waals surface area contributed by atoms with Crippen molar-refractivity contribution in [2.75, 3.05) is 7.05 Å². The molecule has 3 N–H and O–H groups in total. The van der Waals surface area contributed by atoms with Crippen LogP contribution in [0.15, 0.2) is 18.2 Å². The lowest BCUT2D eigenvalue weighted by atomic mass is 10.0. The number of likely N-dealkylation sites (N-methyl/N-ethyl adjacent to an activating group) is 1. The molecule has 5 heteroatoms. The van der Waals surface area contributed by atoms with Crippen molar-refractivity contribution in [2.24, 2.45) is 5.73 Å². The normalized spacial score (nSPS) is 12.4. The number of nitrogens with two attached hydrogens (primary N) is 1. The summed E-state index contributed by atoms with van der Waals surface area (Å²) in [5.41, 5.74) is 7.61. The van der Waals surface area contributed by atoms with Gasteiger partial charge in [0.25, 0.3) is 0 Å². The third-order valence-electron chi connectivity index (χ3n) is 3.25. The van der Waals surface area contributed by atoms with Gasteiger partial charge in [0.15, 0.2) is 0 Å². The van der Waals surface area contributed by atoms with Crippen LogP contribution < -0.4 is 5.73 Å². The molecule has 0 radical (unpaired) electrons. The number of amides is 1. The minimum absolute atomic E-state index is 0.458. The summed E-state index contributed by atoms with van der Waals surface area (Å²) in [4.78, 5) is 23.9. The molecule has 0 aliphatic carbocycles. The van der Waals surface area contributed by atoms with Gasteiger partial charge >= 0.3 is 5.97 Å². The Labute approximate surface area is 113 Å². The summed E-state index contributed by atoms with van der Waals surface area (Å²) in [5, 5.41) is 9.11. The molecule has 0 saturated carbocycles. The minimum atomic E-state index is -0.823. The van der Waals surface area contributed by atoms with Crippen LogP contribution in [0.1, 0.15) is 34.8 Å². The van der Waals surface area contributed by atoms with Crippen LogP contribution in [0.4, 0.5) is 0 Å². The van der Waals surface area contributed by atoms with E-state index in [9.17, 15) is 9.59 Å². The van der Waals surface area contributed by atoms with Gasteiger partial charge in [-0.15, -0.1) is 0 Å². The molecular formula is C14H20N2O3. The van der Waals surface area contributed by atoms with Gasteiger partial charge in [0.2, 0.25) is 5.91 Å². The number of carbonyl (C=O) groups excluding carboxylic acids is 1. The van der Waals surface area contributed by atoms with Crippen LogP contribution in [0.2, 0.25) is 0 Å². The molecule has 0 spiro atoms. The maximum atomic E-state index is 11.1. The molecule has 1 rings (SSSR count). The van der Waals surface area contributed by atoms with Crippen molar-refractivity contribution in [1.29, 1.82) is 0 Å². The predicted octanol–water partition coefficient (Wildman–Crippen LogP) is 1.39. The van der Waals surface area contributed by atoms with E-state index in [2.05, 4.69) is 0 Å². The number of carboxylic acids is 1. The molecule has 19 heavy (non-hydrogen) atoms. The molecule has 1 aromatic carbocycles. The Morgan fingerprint density at radius 1 is 1.42 bits per heavy atom. The molecule has 1 unspecified atom stereocenters. The van der Waals surface area contributed by atoms with Crippen LogP contribution in [0.3, 0.4) is 0 Å². The number of carbonyl (C=O) groups is 2. The van der Waals surface area contributed by atoms with E-state index in [-0.39, 0.29) is 0 Å². The third kappa shape index (κ3) is 3.79. The summed E-state index contributed by atoms with van der Waals surface area (Å²) >= 11 is 0. The van der Waals surface area contributed by atoms with Crippen molar-refractivity contribution in [3.63, 3.8) is 0 Å². The third-order valence-corrected chi connectivity index (χ3v) is 3.25. The number of aliphatic carboxylic acids is 1. The monoisotopic (exact) mass is 264 g/mol. The smallest absolute Gasteiger partial charge is 0.320 e. The lowest BCUT2D eigenvalue weighted by molar-refractivity contribution is -0.143. The largest absolute Gasteiger partial charge is 0.480 e. The second-order valence-electron chi connectivity index (χ2n) is 4.68. The van der Waals surface area contributed by atoms with Gasteiger partial charge in [0.05, 0.1) is 0 Å². The van der Waals surface area contributed by atoms with Gasteiger partial charge in [-0.1, -0.05) is 13.0 Å². The van der Waals surface area contributed by atoms with Crippen LogP contribution in [0, 0.1) is 6.92 Å². The van der Waals surface area contributed by atoms with Crippen molar-refractivity contribution in [1.82, 2.24) is 4.90 Å². The minimum Gasteiger partial charge on any atom is -0.480 e. The van der Waals surface area contributed by atoms with Gasteiger partial charge in [0.1, 0.15) is 6.04 Å². The summed E-state index contributed by atoms with van der Waals surface area (Å²) < 4.78 is 0. The lowest BCUT2D eigenvalue weighted by Gasteiger charge is -2.24. The molecule has 1 aromatic rings. The van der Waals surface area contributed by atoms with E-state index < -0.39 is 17.9 Å². The maximum absolute atomic E-state index is 11.1. The number of hydrogen-bond acceptors (Lipinski definition) is 3. The van der Waals surface area contributed by atoms with Gasteiger partial charge in [-0.3, -0.25) is 14.5 Å². The van der Waals surface area contributed by atoms with Crippen molar-refractivity contribution < 1.29 is 14.7 Å². The van der Waals surface area contributed by atoms with Gasteiger partial charge in [-0.25, -0.2) is 0 Å². The zero-order valence-electron chi connectivity index (χ0n) is 11.5. The Balaban J connectivity index is 2.88. The van der Waals surface area contributed by atoms with Gasteiger partial charge in [0, 0.05) is 12.1 Å². The first-order valence-electron chi connectivity index (χ1n) is 6.19. The van der Waals surface area contributed by atoms with E-state index in [1.54, 1.807) is 24.1 Å². The Bertz CT molecular complexity index is 486. The standard InChI is InChI=1S/C14H20N2O3/c1-4-12(14(18)19)16(3)8-11-6-5-10(13(15)17)7-9(11)2/h5-7,12H,4,8H2,1-3H3,(H2,15,17)(H,18,19). The van der Waals surface area contributed by atoms with Gasteiger partial charge in [-0.05, 0) is 43.7 Å². The summed E-state index contributed by atoms with van der Waals surface area (Å²) in [6, 6.07) is 4.71. The molecule has 104 valence electrons. The molecule has 1 amide bonds. The highest BCUT2D eigenvalue weighted by molar-refractivity contribution is 5.93. The van der Waals surface area contributed by atoms with Crippen LogP contribution in [0.5, 0.6) is 0 Å². The highest BCUT2D eigenvalue weighted by atomic mass is 16.4. The Hall–Kier alpha value is -1.88. The molecule has 0 aliphatic heterocycles. The summed E-state index contributed by atoms with van der Waals surface area (Å²) in [6.45, 7) is 4.26. The fourth-order valence-corrected chi connectivity index (χ4v) is 2.08. The summed E-state index contributed by atoms with van der Waals surface area (Å²) in [5.74, 6) is -1.28. The second-order valence-corrected chi connectivity index (χ2v) is 4.68. The van der Waals surface area contributed by atoms with Crippen LogP contribution >= 0.6 is 0 Å². The number of aryl methyl sites for hydroxylation is 1. The highest BCUT2D eigenvalue weighted by Crippen LogP contribution is 2.15. The van der Waals surface area contributed by atoms with Crippen LogP contribution in [0.25, 0.3) is 0 Å². The van der Waals surface area contributed by atoms with Crippen LogP contribution in [-0.4, -0.2) is 35.0 Å². The number of primary amides is 1. The molecule has 0 aromatic heterocycles. The van der Waals surface area contributed by atoms with E-state index >= 15 is 0 Å². The Kier molecular flexibility index (Phi) is 5.06. The fourth-order valence-electron chi connectivity index (χ4n) is 2.08. The van der Waals surface area contributed by atoms with E-state index in [1.165, 1.54) is 0 Å². The molecule has 0 bridgehead atoms. The van der Waals surface area contributed by atoms with Crippen LogP contribution in [-0.2, 0) is 11.3 Å². The molecule has 1 atom stereocenters.